The molecule has 0 radical (unpaired) electrons. The van der Waals surface area contributed by atoms with Crippen LogP contribution in [0.1, 0.15) is 18.8 Å². The van der Waals surface area contributed by atoms with Crippen LogP contribution in [-0.4, -0.2) is 49.6 Å². The lowest BCUT2D eigenvalue weighted by atomic mass is 10.1. The number of thiophene rings is 1. The first kappa shape index (κ1) is 29.4. The zero-order chi connectivity index (χ0) is 32.6. The van der Waals surface area contributed by atoms with Crippen LogP contribution in [0.4, 0.5) is 4.39 Å². The fraction of sp³-hybridized carbons (Fsp3) is 0.0833. The van der Waals surface area contributed by atoms with Gasteiger partial charge in [0.25, 0.3) is 0 Å². The van der Waals surface area contributed by atoms with E-state index in [0.29, 0.717) is 17.8 Å². The fourth-order valence-electron chi connectivity index (χ4n) is 5.51. The number of nitrogens with zero attached hydrogens (tertiary/aromatic N) is 9. The summed E-state index contributed by atoms with van der Waals surface area (Å²) in [7, 11) is 0. The Balaban J connectivity index is 0.000000145. The molecule has 1 unspecified atom stereocenters. The first-order chi connectivity index (χ1) is 23.5. The highest BCUT2D eigenvalue weighted by molar-refractivity contribution is 7.08. The molecule has 0 aliphatic rings. The second-order valence-electron chi connectivity index (χ2n) is 11.2. The first-order valence-electron chi connectivity index (χ1n) is 15.1. The smallest absolute Gasteiger partial charge is 0.144 e. The molecule has 0 fully saturated rings. The topological polar surface area (TPSA) is 120 Å². The maximum Gasteiger partial charge on any atom is 0.144 e. The van der Waals surface area contributed by atoms with Crippen molar-refractivity contribution in [2.45, 2.75) is 19.7 Å². The molecule has 0 bridgehead atoms. The number of rotatable bonds is 5. The van der Waals surface area contributed by atoms with Gasteiger partial charge in [-0.15, -0.1) is 0 Å². The van der Waals surface area contributed by atoms with Gasteiger partial charge >= 0.3 is 0 Å². The highest BCUT2D eigenvalue weighted by Gasteiger charge is 2.11. The van der Waals surface area contributed by atoms with Crippen molar-refractivity contribution in [3.63, 3.8) is 0 Å². The Morgan fingerprint density at radius 1 is 0.771 bits per heavy atom. The minimum Gasteiger partial charge on any atom is -0.372 e. The molecule has 6 heterocycles. The van der Waals surface area contributed by atoms with Crippen LogP contribution in [0, 0.1) is 5.82 Å². The van der Waals surface area contributed by atoms with Crippen LogP contribution in [0.25, 0.3) is 66.4 Å². The third-order valence-corrected chi connectivity index (χ3v) is 8.50. The van der Waals surface area contributed by atoms with E-state index in [9.17, 15) is 9.50 Å². The Hall–Kier alpha value is -5.98. The van der Waals surface area contributed by atoms with Crippen molar-refractivity contribution >= 4 is 55.2 Å². The molecule has 0 saturated carbocycles. The lowest BCUT2D eigenvalue weighted by Gasteiger charge is -2.07. The summed E-state index contributed by atoms with van der Waals surface area (Å²) in [5, 5.41) is 24.6. The monoisotopic (exact) mass is 651 g/mol. The molecule has 0 spiro atoms. The van der Waals surface area contributed by atoms with Crippen LogP contribution in [0.15, 0.2) is 115 Å². The lowest BCUT2D eigenvalue weighted by molar-refractivity contribution is 0.115. The summed E-state index contributed by atoms with van der Waals surface area (Å²) in [5.74, 6) is -0.293. The number of hydrogen-bond donors (Lipinski definition) is 1. The van der Waals surface area contributed by atoms with Gasteiger partial charge in [-0.25, -0.2) is 19.0 Å². The van der Waals surface area contributed by atoms with Crippen molar-refractivity contribution in [3.05, 3.63) is 126 Å². The maximum atomic E-state index is 13.5. The van der Waals surface area contributed by atoms with Crippen molar-refractivity contribution in [2.24, 2.45) is 0 Å². The molecule has 10 nitrogen and oxygen atoms in total. The average Bonchev–Trinajstić information content (AvgIpc) is 3.87. The number of halogens is 1. The van der Waals surface area contributed by atoms with Gasteiger partial charge in [0.15, 0.2) is 0 Å². The van der Waals surface area contributed by atoms with Gasteiger partial charge in [-0.3, -0.25) is 19.6 Å². The Bertz CT molecular complexity index is 2550. The van der Waals surface area contributed by atoms with Gasteiger partial charge in [-0.1, -0.05) is 18.2 Å². The summed E-state index contributed by atoms with van der Waals surface area (Å²) in [6.07, 6.45) is 8.26. The van der Waals surface area contributed by atoms with E-state index >= 15 is 0 Å². The molecule has 0 amide bonds. The van der Waals surface area contributed by atoms with Gasteiger partial charge in [0.2, 0.25) is 0 Å². The van der Waals surface area contributed by atoms with E-state index in [4.69, 9.17) is 0 Å². The van der Waals surface area contributed by atoms with E-state index in [1.54, 1.807) is 53.8 Å². The summed E-state index contributed by atoms with van der Waals surface area (Å²) < 4.78 is 16.9. The zero-order valence-corrected chi connectivity index (χ0v) is 26.3. The number of aliphatic hydroxyl groups excluding tert-OH is 1. The molecule has 1 N–H and O–H groups in total. The maximum absolute atomic E-state index is 13.5. The van der Waals surface area contributed by atoms with Crippen LogP contribution >= 0.6 is 11.3 Å². The Kier molecular flexibility index (Phi) is 7.55. The molecular formula is C36H26FN9OS. The van der Waals surface area contributed by atoms with E-state index in [1.807, 2.05) is 70.9 Å². The van der Waals surface area contributed by atoms with Crippen LogP contribution < -0.4 is 0 Å². The second kappa shape index (κ2) is 12.3. The van der Waals surface area contributed by atoms with E-state index in [-0.39, 0.29) is 5.82 Å². The molecular weight excluding hydrogens is 626 g/mol. The number of benzene rings is 3. The highest BCUT2D eigenvalue weighted by Crippen LogP contribution is 2.26. The third kappa shape index (κ3) is 5.85. The largest absolute Gasteiger partial charge is 0.372 e. The molecule has 6 aromatic heterocycles. The SMILES string of the molecule is CC(O)n1ncc2cc3ncc(-c4ccsc4)nc3cc21.Fc1cccc(-c2cnc3cc4cn(Cc5ccccn5)nc4cc3n2)c1. The highest BCUT2D eigenvalue weighted by atomic mass is 32.1. The van der Waals surface area contributed by atoms with E-state index in [1.165, 1.54) is 12.1 Å². The molecule has 0 saturated heterocycles. The van der Waals surface area contributed by atoms with Crippen LogP contribution in [-0.2, 0) is 6.54 Å². The van der Waals surface area contributed by atoms with Gasteiger partial charge in [-0.2, -0.15) is 21.5 Å². The van der Waals surface area contributed by atoms with Gasteiger partial charge in [0.1, 0.15) is 12.0 Å². The standard InChI is InChI=1S/C21H14FN5.C15H12N4OS/c22-16-5-3-4-14(8-16)21-11-24-19-9-15-12-27(13-17-6-1-2-7-23-17)26-18(15)10-20(19)25-21;1-9(20)19-15-5-13-12(4-11(15)6-17-19)16-7-14(18-13)10-2-3-21-8-10/h1-12H,13H2;2-9,20H,1H3. The quantitative estimate of drug-likeness (QED) is 0.204. The average molecular weight is 652 g/mol. The molecule has 9 rings (SSSR count). The molecule has 234 valence electrons. The van der Waals surface area contributed by atoms with Crippen LogP contribution in [0.3, 0.4) is 0 Å². The summed E-state index contributed by atoms with van der Waals surface area (Å²) >= 11 is 1.64. The molecule has 1 atom stereocenters. The molecule has 3 aromatic carbocycles. The molecule has 0 aliphatic heterocycles. The van der Waals surface area contributed by atoms with Gasteiger partial charge in [-0.05, 0) is 66.9 Å². The van der Waals surface area contributed by atoms with Crippen molar-refractivity contribution in [3.8, 4) is 22.5 Å². The molecule has 0 aliphatic carbocycles. The lowest BCUT2D eigenvalue weighted by Crippen LogP contribution is -2.04. The summed E-state index contributed by atoms with van der Waals surface area (Å²) in [4.78, 5) is 22.6. The minimum absolute atomic E-state index is 0.293. The number of fused-ring (bicyclic) bond motifs is 4. The van der Waals surface area contributed by atoms with Gasteiger partial charge < -0.3 is 5.11 Å². The molecule has 12 heteroatoms. The number of hydrogen-bond acceptors (Lipinski definition) is 9. The minimum atomic E-state index is -0.673. The summed E-state index contributed by atoms with van der Waals surface area (Å²) in [6.45, 7) is 2.28. The normalized spacial score (nSPS) is 12.1. The predicted molar refractivity (Wildman–Crippen MR) is 185 cm³/mol. The summed E-state index contributed by atoms with van der Waals surface area (Å²) in [5.41, 5.74) is 9.02. The van der Waals surface area contributed by atoms with Crippen molar-refractivity contribution in [1.29, 1.82) is 0 Å². The van der Waals surface area contributed by atoms with Crippen LogP contribution in [0.2, 0.25) is 0 Å². The predicted octanol–water partition coefficient (Wildman–Crippen LogP) is 7.45. The summed E-state index contributed by atoms with van der Waals surface area (Å²) in [6, 6.07) is 21.9. The number of pyridine rings is 1. The van der Waals surface area contributed by atoms with E-state index in [0.717, 1.165) is 60.8 Å². The van der Waals surface area contributed by atoms with Crippen molar-refractivity contribution in [1.82, 2.24) is 44.5 Å². The zero-order valence-electron chi connectivity index (χ0n) is 25.5. The molecule has 9 aromatic rings. The molecule has 48 heavy (non-hydrogen) atoms. The van der Waals surface area contributed by atoms with Crippen molar-refractivity contribution < 1.29 is 9.50 Å². The van der Waals surface area contributed by atoms with E-state index < -0.39 is 6.23 Å². The Morgan fingerprint density at radius 3 is 2.29 bits per heavy atom. The number of aliphatic hydroxyl groups is 1. The first-order valence-corrected chi connectivity index (χ1v) is 16.1. The number of aromatic nitrogens is 9. The fourth-order valence-corrected chi connectivity index (χ4v) is 6.16. The van der Waals surface area contributed by atoms with Crippen LogP contribution in [0.5, 0.6) is 0 Å². The van der Waals surface area contributed by atoms with Crippen molar-refractivity contribution in [2.75, 3.05) is 0 Å². The van der Waals surface area contributed by atoms with Gasteiger partial charge in [0, 0.05) is 39.7 Å². The van der Waals surface area contributed by atoms with E-state index in [2.05, 4.69) is 40.5 Å². The van der Waals surface area contributed by atoms with Gasteiger partial charge in [0.05, 0.1) is 75.3 Å². The second-order valence-corrected chi connectivity index (χ2v) is 12.0. The Labute approximate surface area is 276 Å². The third-order valence-electron chi connectivity index (χ3n) is 7.82. The Morgan fingerprint density at radius 2 is 1.56 bits per heavy atom.